The third-order valence-electron chi connectivity index (χ3n) is 3.60. The molecule has 1 aromatic heterocycles. The highest BCUT2D eigenvalue weighted by Gasteiger charge is 2.35. The zero-order chi connectivity index (χ0) is 14.8. The third kappa shape index (κ3) is 2.52. The molecular weight excluding hydrogens is 270 g/mol. The Balaban J connectivity index is 1.86. The molecule has 0 saturated carbocycles. The van der Waals surface area contributed by atoms with Crippen molar-refractivity contribution in [2.75, 3.05) is 18.6 Å². The lowest BCUT2D eigenvalue weighted by atomic mass is 10.1. The molecular formula is C15H15N3O3. The lowest BCUT2D eigenvalue weighted by Gasteiger charge is -2.17. The number of benzene rings is 1. The number of imidazole rings is 1. The van der Waals surface area contributed by atoms with E-state index < -0.39 is 0 Å². The number of nitrogens with zero attached hydrogens (tertiary/aromatic N) is 3. The van der Waals surface area contributed by atoms with E-state index in [0.29, 0.717) is 6.54 Å². The predicted octanol–water partition coefficient (Wildman–Crippen LogP) is 1.40. The highest BCUT2D eigenvalue weighted by molar-refractivity contribution is 5.99. The Morgan fingerprint density at radius 3 is 2.90 bits per heavy atom. The summed E-state index contributed by atoms with van der Waals surface area (Å²) in [5, 5.41) is 0. The first-order valence-electron chi connectivity index (χ1n) is 6.65. The lowest BCUT2D eigenvalue weighted by Crippen LogP contribution is -2.26. The summed E-state index contributed by atoms with van der Waals surface area (Å²) in [5.41, 5.74) is 1.69. The van der Waals surface area contributed by atoms with Crippen molar-refractivity contribution in [2.24, 2.45) is 5.92 Å². The lowest BCUT2D eigenvalue weighted by molar-refractivity contribution is -0.145. The number of hydrogen-bond donors (Lipinski definition) is 0. The number of hydrogen-bond acceptors (Lipinski definition) is 4. The summed E-state index contributed by atoms with van der Waals surface area (Å²) in [6.45, 7) is 0.360. The monoisotopic (exact) mass is 285 g/mol. The van der Waals surface area contributed by atoms with Gasteiger partial charge in [-0.1, -0.05) is 6.07 Å². The Hall–Kier alpha value is -2.63. The number of carbonyl (C=O) groups excluding carboxylic acids is 2. The van der Waals surface area contributed by atoms with E-state index in [1.54, 1.807) is 17.4 Å². The highest BCUT2D eigenvalue weighted by Crippen LogP contribution is 2.27. The minimum Gasteiger partial charge on any atom is -0.469 e. The van der Waals surface area contributed by atoms with Crippen molar-refractivity contribution < 1.29 is 14.3 Å². The average Bonchev–Trinajstić information content (AvgIpc) is 3.16. The average molecular weight is 285 g/mol. The van der Waals surface area contributed by atoms with Crippen LogP contribution in [0.3, 0.4) is 0 Å². The molecule has 2 heterocycles. The van der Waals surface area contributed by atoms with Gasteiger partial charge in [-0.05, 0) is 18.2 Å². The largest absolute Gasteiger partial charge is 0.469 e. The van der Waals surface area contributed by atoms with Gasteiger partial charge in [0.05, 0.1) is 19.4 Å². The molecule has 108 valence electrons. The van der Waals surface area contributed by atoms with Gasteiger partial charge in [0.15, 0.2) is 0 Å². The zero-order valence-electron chi connectivity index (χ0n) is 11.6. The van der Waals surface area contributed by atoms with Crippen molar-refractivity contribution in [1.82, 2.24) is 9.55 Å². The zero-order valence-corrected chi connectivity index (χ0v) is 11.6. The van der Waals surface area contributed by atoms with E-state index in [1.807, 2.05) is 35.0 Å². The minimum absolute atomic E-state index is 0.0619. The number of aromatic nitrogens is 2. The van der Waals surface area contributed by atoms with Gasteiger partial charge in [-0.3, -0.25) is 9.59 Å². The molecule has 0 spiro atoms. The summed E-state index contributed by atoms with van der Waals surface area (Å²) < 4.78 is 6.58. The van der Waals surface area contributed by atoms with Crippen LogP contribution in [-0.2, 0) is 14.3 Å². The van der Waals surface area contributed by atoms with Gasteiger partial charge in [-0.15, -0.1) is 0 Å². The molecule has 1 aliphatic heterocycles. The first-order valence-corrected chi connectivity index (χ1v) is 6.65. The van der Waals surface area contributed by atoms with Crippen LogP contribution >= 0.6 is 0 Å². The van der Waals surface area contributed by atoms with Crippen LogP contribution in [0.15, 0.2) is 43.0 Å². The number of amides is 1. The molecule has 0 bridgehead atoms. The van der Waals surface area contributed by atoms with Crippen molar-refractivity contribution in [1.29, 1.82) is 0 Å². The molecule has 1 aliphatic rings. The molecule has 1 amide bonds. The summed E-state index contributed by atoms with van der Waals surface area (Å²) >= 11 is 0. The van der Waals surface area contributed by atoms with Gasteiger partial charge in [-0.25, -0.2) is 4.98 Å². The molecule has 0 radical (unpaired) electrons. The SMILES string of the molecule is COC(=O)C1CC(=O)N(c2cccc(-n3ccnc3)c2)C1. The predicted molar refractivity (Wildman–Crippen MR) is 76.0 cm³/mol. The molecule has 0 aliphatic carbocycles. The Morgan fingerprint density at radius 2 is 2.19 bits per heavy atom. The Kier molecular flexibility index (Phi) is 3.43. The van der Waals surface area contributed by atoms with E-state index in [9.17, 15) is 9.59 Å². The molecule has 3 rings (SSSR count). The fraction of sp³-hybridized carbons (Fsp3) is 0.267. The smallest absolute Gasteiger partial charge is 0.311 e. The fourth-order valence-electron chi connectivity index (χ4n) is 2.52. The van der Waals surface area contributed by atoms with Crippen LogP contribution in [0.4, 0.5) is 5.69 Å². The second-order valence-electron chi connectivity index (χ2n) is 4.92. The van der Waals surface area contributed by atoms with Crippen LogP contribution in [0.25, 0.3) is 5.69 Å². The Morgan fingerprint density at radius 1 is 1.38 bits per heavy atom. The van der Waals surface area contributed by atoms with E-state index in [0.717, 1.165) is 11.4 Å². The minimum atomic E-state index is -0.389. The van der Waals surface area contributed by atoms with Gasteiger partial charge < -0.3 is 14.2 Å². The maximum atomic E-state index is 12.1. The molecule has 0 N–H and O–H groups in total. The molecule has 6 heteroatoms. The van der Waals surface area contributed by atoms with Gasteiger partial charge in [0.1, 0.15) is 0 Å². The standard InChI is InChI=1S/C15H15N3O3/c1-21-15(20)11-7-14(19)18(9-11)13-4-2-3-12(8-13)17-6-5-16-10-17/h2-6,8,10-11H,7,9H2,1H3. The first-order chi connectivity index (χ1) is 10.2. The quantitative estimate of drug-likeness (QED) is 0.800. The van der Waals surface area contributed by atoms with Gasteiger partial charge in [0.2, 0.25) is 5.91 Å². The summed E-state index contributed by atoms with van der Waals surface area (Å²) in [7, 11) is 1.34. The van der Waals surface area contributed by atoms with E-state index in [1.165, 1.54) is 7.11 Å². The summed E-state index contributed by atoms with van der Waals surface area (Å²) in [4.78, 5) is 29.3. The first kappa shape index (κ1) is 13.4. The molecule has 21 heavy (non-hydrogen) atoms. The van der Waals surface area contributed by atoms with Crippen LogP contribution in [0.2, 0.25) is 0 Å². The van der Waals surface area contributed by atoms with E-state index in [4.69, 9.17) is 4.74 Å². The molecule has 1 atom stereocenters. The van der Waals surface area contributed by atoms with Crippen LogP contribution in [0.5, 0.6) is 0 Å². The maximum Gasteiger partial charge on any atom is 0.311 e. The summed E-state index contributed by atoms with van der Waals surface area (Å²) in [6.07, 6.45) is 5.42. The van der Waals surface area contributed by atoms with Gasteiger partial charge in [0.25, 0.3) is 0 Å². The molecule has 6 nitrogen and oxygen atoms in total. The van der Waals surface area contributed by atoms with Gasteiger partial charge in [-0.2, -0.15) is 0 Å². The Bertz CT molecular complexity index is 667. The van der Waals surface area contributed by atoms with Crippen molar-refractivity contribution in [3.63, 3.8) is 0 Å². The number of esters is 1. The fourth-order valence-corrected chi connectivity index (χ4v) is 2.52. The third-order valence-corrected chi connectivity index (χ3v) is 3.60. The Labute approximate surface area is 122 Å². The molecule has 1 fully saturated rings. The number of carbonyl (C=O) groups is 2. The highest BCUT2D eigenvalue weighted by atomic mass is 16.5. The molecule has 1 aromatic carbocycles. The second-order valence-corrected chi connectivity index (χ2v) is 4.92. The van der Waals surface area contributed by atoms with Crippen molar-refractivity contribution in [3.8, 4) is 5.69 Å². The van der Waals surface area contributed by atoms with Crippen molar-refractivity contribution in [3.05, 3.63) is 43.0 Å². The van der Waals surface area contributed by atoms with Crippen molar-refractivity contribution >= 4 is 17.6 Å². The van der Waals surface area contributed by atoms with Crippen LogP contribution < -0.4 is 4.90 Å². The summed E-state index contributed by atoms with van der Waals surface area (Å²) in [5.74, 6) is -0.788. The maximum absolute atomic E-state index is 12.1. The van der Waals surface area contributed by atoms with Crippen LogP contribution in [0, 0.1) is 5.92 Å². The van der Waals surface area contributed by atoms with E-state index in [2.05, 4.69) is 4.98 Å². The normalized spacial score (nSPS) is 18.0. The van der Waals surface area contributed by atoms with Gasteiger partial charge in [0, 0.05) is 36.7 Å². The van der Waals surface area contributed by atoms with Crippen molar-refractivity contribution in [2.45, 2.75) is 6.42 Å². The van der Waals surface area contributed by atoms with Gasteiger partial charge >= 0.3 is 5.97 Å². The number of ether oxygens (including phenoxy) is 1. The van der Waals surface area contributed by atoms with E-state index >= 15 is 0 Å². The number of methoxy groups -OCH3 is 1. The van der Waals surface area contributed by atoms with Crippen LogP contribution in [-0.4, -0.2) is 35.1 Å². The number of rotatable bonds is 3. The molecule has 1 saturated heterocycles. The second kappa shape index (κ2) is 5.40. The summed E-state index contributed by atoms with van der Waals surface area (Å²) in [6, 6.07) is 7.57. The molecule has 1 unspecified atom stereocenters. The molecule has 2 aromatic rings. The van der Waals surface area contributed by atoms with E-state index in [-0.39, 0.29) is 24.2 Å². The van der Waals surface area contributed by atoms with Crippen LogP contribution in [0.1, 0.15) is 6.42 Å². The topological polar surface area (TPSA) is 64.4 Å². The number of anilines is 1.